The third-order valence-electron chi connectivity index (χ3n) is 4.15. The van der Waals surface area contributed by atoms with E-state index in [0.717, 1.165) is 5.39 Å². The van der Waals surface area contributed by atoms with Crippen molar-refractivity contribution in [3.05, 3.63) is 65.7 Å². The van der Waals surface area contributed by atoms with E-state index in [9.17, 15) is 14.0 Å². The van der Waals surface area contributed by atoms with Gasteiger partial charge in [0, 0.05) is 10.9 Å². The molecule has 0 aliphatic carbocycles. The number of amides is 2. The van der Waals surface area contributed by atoms with Gasteiger partial charge in [-0.1, -0.05) is 12.1 Å². The highest BCUT2D eigenvalue weighted by atomic mass is 19.1. The lowest BCUT2D eigenvalue weighted by Crippen LogP contribution is -2.37. The number of halogens is 1. The van der Waals surface area contributed by atoms with Crippen LogP contribution in [0.1, 0.15) is 36.0 Å². The molecule has 1 atom stereocenters. The lowest BCUT2D eigenvalue weighted by Gasteiger charge is -2.12. The van der Waals surface area contributed by atoms with Crippen molar-refractivity contribution in [2.75, 3.05) is 13.2 Å². The molecular weight excluding hydrogens is 363 g/mol. The number of nitrogens with one attached hydrogen (secondary N) is 2. The van der Waals surface area contributed by atoms with Crippen molar-refractivity contribution >= 4 is 22.8 Å². The molecule has 2 aromatic carbocycles. The van der Waals surface area contributed by atoms with Gasteiger partial charge in [0.1, 0.15) is 11.6 Å². The van der Waals surface area contributed by atoms with E-state index in [1.807, 2.05) is 31.2 Å². The Morgan fingerprint density at radius 1 is 1.18 bits per heavy atom. The van der Waals surface area contributed by atoms with Gasteiger partial charge in [0.2, 0.25) is 5.91 Å². The lowest BCUT2D eigenvalue weighted by molar-refractivity contribution is -0.120. The van der Waals surface area contributed by atoms with Crippen LogP contribution in [-0.4, -0.2) is 25.0 Å². The molecular formula is C21H21FN2O4. The van der Waals surface area contributed by atoms with Crippen LogP contribution >= 0.6 is 0 Å². The number of benzene rings is 2. The topological polar surface area (TPSA) is 80.6 Å². The summed E-state index contributed by atoms with van der Waals surface area (Å²) in [5.41, 5.74) is 0.910. The third-order valence-corrected chi connectivity index (χ3v) is 4.15. The molecule has 7 heteroatoms. The normalized spacial score (nSPS) is 11.8. The van der Waals surface area contributed by atoms with Crippen molar-refractivity contribution in [2.24, 2.45) is 0 Å². The molecule has 2 N–H and O–H groups in total. The molecule has 1 heterocycles. The zero-order valence-corrected chi connectivity index (χ0v) is 15.6. The van der Waals surface area contributed by atoms with Gasteiger partial charge >= 0.3 is 0 Å². The molecule has 0 aliphatic heterocycles. The number of hydrogen-bond acceptors (Lipinski definition) is 4. The number of rotatable bonds is 7. The summed E-state index contributed by atoms with van der Waals surface area (Å²) in [6, 6.07) is 12.2. The average Bonchev–Trinajstić information content (AvgIpc) is 3.12. The average molecular weight is 384 g/mol. The number of fused-ring (bicyclic) bond motifs is 1. The zero-order valence-electron chi connectivity index (χ0n) is 15.6. The Morgan fingerprint density at radius 3 is 2.64 bits per heavy atom. The molecule has 6 nitrogen and oxygen atoms in total. The van der Waals surface area contributed by atoms with Crippen LogP contribution in [0.25, 0.3) is 11.0 Å². The second-order valence-corrected chi connectivity index (χ2v) is 6.24. The minimum atomic E-state index is -0.451. The summed E-state index contributed by atoms with van der Waals surface area (Å²) in [6.07, 6.45) is 0. The van der Waals surface area contributed by atoms with E-state index in [1.54, 1.807) is 6.92 Å². The summed E-state index contributed by atoms with van der Waals surface area (Å²) in [6.45, 7) is 4.00. The molecule has 0 saturated carbocycles. The van der Waals surface area contributed by atoms with Crippen molar-refractivity contribution < 1.29 is 23.1 Å². The smallest absolute Gasteiger partial charge is 0.251 e. The molecule has 0 fully saturated rings. The van der Waals surface area contributed by atoms with Gasteiger partial charge in [-0.25, -0.2) is 4.39 Å². The summed E-state index contributed by atoms with van der Waals surface area (Å²) >= 11 is 0. The Labute approximate surface area is 161 Å². The maximum absolute atomic E-state index is 12.9. The first-order valence-corrected chi connectivity index (χ1v) is 8.96. The molecule has 2 amide bonds. The van der Waals surface area contributed by atoms with Gasteiger partial charge in [0.05, 0.1) is 19.2 Å². The van der Waals surface area contributed by atoms with E-state index >= 15 is 0 Å². The molecule has 3 rings (SSSR count). The van der Waals surface area contributed by atoms with E-state index in [0.29, 0.717) is 23.7 Å². The van der Waals surface area contributed by atoms with Crippen LogP contribution in [0.5, 0.6) is 5.75 Å². The summed E-state index contributed by atoms with van der Waals surface area (Å²) in [7, 11) is 0. The number of para-hydroxylation sites is 1. The first kappa shape index (κ1) is 19.4. The second-order valence-electron chi connectivity index (χ2n) is 6.24. The molecule has 1 aromatic heterocycles. The van der Waals surface area contributed by atoms with Gasteiger partial charge in [-0.3, -0.25) is 9.59 Å². The SMILES string of the molecule is CCOc1cccc2cc(C(C)NC(=O)CNC(=O)c3ccc(F)cc3)oc12. The van der Waals surface area contributed by atoms with Crippen molar-refractivity contribution in [3.8, 4) is 5.75 Å². The van der Waals surface area contributed by atoms with Gasteiger partial charge in [0.15, 0.2) is 11.3 Å². The molecule has 1 unspecified atom stereocenters. The largest absolute Gasteiger partial charge is 0.490 e. The maximum atomic E-state index is 12.9. The summed E-state index contributed by atoms with van der Waals surface area (Å²) < 4.78 is 24.3. The van der Waals surface area contributed by atoms with E-state index < -0.39 is 17.8 Å². The minimum absolute atomic E-state index is 0.203. The Balaban J connectivity index is 1.59. The predicted octanol–water partition coefficient (Wildman–Crippen LogP) is 3.58. The molecule has 28 heavy (non-hydrogen) atoms. The zero-order chi connectivity index (χ0) is 20.1. The van der Waals surface area contributed by atoms with Crippen LogP contribution < -0.4 is 15.4 Å². The fourth-order valence-corrected chi connectivity index (χ4v) is 2.77. The summed E-state index contributed by atoms with van der Waals surface area (Å²) in [4.78, 5) is 24.1. The fourth-order valence-electron chi connectivity index (χ4n) is 2.77. The highest BCUT2D eigenvalue weighted by molar-refractivity contribution is 5.96. The lowest BCUT2D eigenvalue weighted by atomic mass is 10.2. The number of carbonyl (C=O) groups is 2. The Bertz CT molecular complexity index is 982. The maximum Gasteiger partial charge on any atom is 0.251 e. The molecule has 3 aromatic rings. The second kappa shape index (κ2) is 8.56. The van der Waals surface area contributed by atoms with Crippen molar-refractivity contribution in [3.63, 3.8) is 0 Å². The molecule has 0 aliphatic rings. The molecule has 0 radical (unpaired) electrons. The highest BCUT2D eigenvalue weighted by Crippen LogP contribution is 2.31. The van der Waals surface area contributed by atoms with Gasteiger partial charge < -0.3 is 19.8 Å². The van der Waals surface area contributed by atoms with Crippen molar-refractivity contribution in [2.45, 2.75) is 19.9 Å². The third kappa shape index (κ3) is 4.49. The standard InChI is InChI=1S/C21H21FN2O4/c1-3-27-17-6-4-5-15-11-18(28-20(15)17)13(2)24-19(25)12-23-21(26)14-7-9-16(22)10-8-14/h4-11,13H,3,12H2,1-2H3,(H,23,26)(H,24,25). The Morgan fingerprint density at radius 2 is 1.93 bits per heavy atom. The predicted molar refractivity (Wildman–Crippen MR) is 103 cm³/mol. The molecule has 0 spiro atoms. The number of hydrogen-bond donors (Lipinski definition) is 2. The summed E-state index contributed by atoms with van der Waals surface area (Å²) in [5.74, 6) is -0.0144. The van der Waals surface area contributed by atoms with Crippen molar-refractivity contribution in [1.29, 1.82) is 0 Å². The number of carbonyl (C=O) groups excluding carboxylic acids is 2. The van der Waals surface area contributed by atoms with E-state index in [-0.39, 0.29) is 18.0 Å². The Hall–Kier alpha value is -3.35. The van der Waals surface area contributed by atoms with E-state index in [1.165, 1.54) is 24.3 Å². The van der Waals surface area contributed by atoms with Gasteiger partial charge in [-0.15, -0.1) is 0 Å². The highest BCUT2D eigenvalue weighted by Gasteiger charge is 2.17. The molecule has 0 bridgehead atoms. The summed E-state index contributed by atoms with van der Waals surface area (Å²) in [5, 5.41) is 6.16. The quantitative estimate of drug-likeness (QED) is 0.653. The number of ether oxygens (including phenoxy) is 1. The Kier molecular flexibility index (Phi) is 5.93. The van der Waals surface area contributed by atoms with Crippen molar-refractivity contribution in [1.82, 2.24) is 10.6 Å². The van der Waals surface area contributed by atoms with Crippen LogP contribution in [0.4, 0.5) is 4.39 Å². The number of furan rings is 1. The van der Waals surface area contributed by atoms with Crippen LogP contribution in [0.3, 0.4) is 0 Å². The van der Waals surface area contributed by atoms with Gasteiger partial charge in [0.25, 0.3) is 5.91 Å². The van der Waals surface area contributed by atoms with Crippen LogP contribution in [0, 0.1) is 5.82 Å². The minimum Gasteiger partial charge on any atom is -0.490 e. The van der Waals surface area contributed by atoms with E-state index in [2.05, 4.69) is 10.6 Å². The van der Waals surface area contributed by atoms with Gasteiger partial charge in [-0.05, 0) is 50.2 Å². The van der Waals surface area contributed by atoms with Crippen LogP contribution in [0.15, 0.2) is 52.9 Å². The molecule has 146 valence electrons. The first-order chi connectivity index (χ1) is 13.5. The van der Waals surface area contributed by atoms with Crippen LogP contribution in [-0.2, 0) is 4.79 Å². The molecule has 0 saturated heterocycles. The first-order valence-electron chi connectivity index (χ1n) is 8.96. The van der Waals surface area contributed by atoms with E-state index in [4.69, 9.17) is 9.15 Å². The van der Waals surface area contributed by atoms with Crippen LogP contribution in [0.2, 0.25) is 0 Å². The fraction of sp³-hybridized carbons (Fsp3) is 0.238. The monoisotopic (exact) mass is 384 g/mol. The van der Waals surface area contributed by atoms with Gasteiger partial charge in [-0.2, -0.15) is 0 Å².